The average Bonchev–Trinajstić information content (AvgIpc) is 2.62. The van der Waals surface area contributed by atoms with Gasteiger partial charge in [-0.1, -0.05) is 0 Å². The van der Waals surface area contributed by atoms with E-state index >= 15 is 0 Å². The Hall–Kier alpha value is -2.11. The first-order valence-electron chi connectivity index (χ1n) is 3.87. The van der Waals surface area contributed by atoms with E-state index in [9.17, 15) is 9.59 Å². The van der Waals surface area contributed by atoms with Gasteiger partial charge in [-0.15, -0.1) is 0 Å². The molecule has 2 aromatic rings. The average molecular weight is 193 g/mol. The third kappa shape index (κ3) is 1.08. The van der Waals surface area contributed by atoms with Crippen molar-refractivity contribution in [1.82, 2.24) is 14.6 Å². The number of nitrogens with one attached hydrogen (secondary N) is 1. The third-order valence-corrected chi connectivity index (χ3v) is 1.83. The monoisotopic (exact) mass is 193 g/mol. The highest BCUT2D eigenvalue weighted by Gasteiger charge is 2.13. The maximum absolute atomic E-state index is 11.2. The van der Waals surface area contributed by atoms with Gasteiger partial charge >= 0.3 is 5.97 Å². The topological polar surface area (TPSA) is 76.5 Å². The maximum Gasteiger partial charge on any atom is 0.343 e. The van der Waals surface area contributed by atoms with E-state index in [4.69, 9.17) is 0 Å². The van der Waals surface area contributed by atoms with Gasteiger partial charge in [-0.05, 0) is 0 Å². The minimum absolute atomic E-state index is 0.241. The van der Waals surface area contributed by atoms with Crippen molar-refractivity contribution in [3.05, 3.63) is 34.4 Å². The van der Waals surface area contributed by atoms with Crippen molar-refractivity contribution in [1.29, 1.82) is 0 Å². The normalized spacial score (nSPS) is 10.4. The summed E-state index contributed by atoms with van der Waals surface area (Å²) in [5, 5.41) is 2.61. The first-order chi connectivity index (χ1) is 6.74. The van der Waals surface area contributed by atoms with Crippen LogP contribution in [-0.4, -0.2) is 27.7 Å². The molecule has 2 heterocycles. The van der Waals surface area contributed by atoms with Crippen molar-refractivity contribution in [2.45, 2.75) is 0 Å². The van der Waals surface area contributed by atoms with Crippen LogP contribution in [0.1, 0.15) is 10.4 Å². The van der Waals surface area contributed by atoms with E-state index in [0.717, 1.165) is 0 Å². The highest BCUT2D eigenvalue weighted by molar-refractivity contribution is 5.95. The Morgan fingerprint density at radius 1 is 1.64 bits per heavy atom. The number of aromatic amines is 1. The van der Waals surface area contributed by atoms with Crippen LogP contribution in [0, 0.1) is 0 Å². The molecule has 0 unspecified atom stereocenters. The predicted octanol–water partition coefficient (Wildman–Crippen LogP) is -0.191. The first-order valence-corrected chi connectivity index (χ1v) is 3.87. The van der Waals surface area contributed by atoms with Gasteiger partial charge in [0.25, 0.3) is 5.56 Å². The molecule has 72 valence electrons. The number of carbonyl (C=O) groups excluding carboxylic acids is 1. The van der Waals surface area contributed by atoms with Gasteiger partial charge < -0.3 is 4.74 Å². The molecular weight excluding hydrogens is 186 g/mol. The third-order valence-electron chi connectivity index (χ3n) is 1.83. The zero-order valence-corrected chi connectivity index (χ0v) is 7.35. The summed E-state index contributed by atoms with van der Waals surface area (Å²) in [5.41, 5.74) is 0.236. The number of methoxy groups -OCH3 is 1. The number of esters is 1. The van der Waals surface area contributed by atoms with Crippen molar-refractivity contribution in [2.24, 2.45) is 0 Å². The zero-order valence-electron chi connectivity index (χ0n) is 7.35. The molecular formula is C8H7N3O3. The molecule has 1 N–H and O–H groups in total. The van der Waals surface area contributed by atoms with Crippen LogP contribution in [-0.2, 0) is 4.74 Å². The Morgan fingerprint density at radius 3 is 3.14 bits per heavy atom. The smallest absolute Gasteiger partial charge is 0.343 e. The first kappa shape index (κ1) is 8.49. The van der Waals surface area contributed by atoms with E-state index in [1.165, 1.54) is 30.1 Å². The van der Waals surface area contributed by atoms with E-state index < -0.39 is 5.97 Å². The Kier molecular flexibility index (Phi) is 1.81. The van der Waals surface area contributed by atoms with Gasteiger partial charge in [0.15, 0.2) is 5.65 Å². The highest BCUT2D eigenvalue weighted by atomic mass is 16.5. The number of rotatable bonds is 1. The summed E-state index contributed by atoms with van der Waals surface area (Å²) in [5.74, 6) is -0.526. The van der Waals surface area contributed by atoms with E-state index in [0.29, 0.717) is 0 Å². The second-order valence-electron chi connectivity index (χ2n) is 2.62. The summed E-state index contributed by atoms with van der Waals surface area (Å²) < 4.78 is 5.70. The van der Waals surface area contributed by atoms with Gasteiger partial charge in [0.05, 0.1) is 7.11 Å². The van der Waals surface area contributed by atoms with Crippen LogP contribution in [0.3, 0.4) is 0 Å². The fraction of sp³-hybridized carbons (Fsp3) is 0.125. The molecule has 6 heteroatoms. The van der Waals surface area contributed by atoms with Crippen molar-refractivity contribution >= 4 is 11.6 Å². The number of ether oxygens (including phenoxy) is 1. The second-order valence-corrected chi connectivity index (χ2v) is 2.62. The minimum atomic E-state index is -0.526. The lowest BCUT2D eigenvalue weighted by Gasteiger charge is -1.94. The molecule has 0 radical (unpaired) electrons. The maximum atomic E-state index is 11.2. The van der Waals surface area contributed by atoms with Crippen LogP contribution in [0.2, 0.25) is 0 Å². The number of hydrogen-bond acceptors (Lipinski definition) is 4. The molecule has 2 aromatic heterocycles. The lowest BCUT2D eigenvalue weighted by atomic mass is 10.3. The van der Waals surface area contributed by atoms with Gasteiger partial charge in [0, 0.05) is 18.5 Å². The molecule has 0 aliphatic heterocycles. The van der Waals surface area contributed by atoms with Crippen LogP contribution in [0.4, 0.5) is 0 Å². The lowest BCUT2D eigenvalue weighted by Crippen LogP contribution is -2.13. The zero-order chi connectivity index (χ0) is 10.1. The molecule has 0 spiro atoms. The largest absolute Gasteiger partial charge is 0.465 e. The molecule has 0 aliphatic carbocycles. The van der Waals surface area contributed by atoms with Crippen molar-refractivity contribution in [3.63, 3.8) is 0 Å². The fourth-order valence-electron chi connectivity index (χ4n) is 1.18. The second kappa shape index (κ2) is 2.99. The molecule has 0 saturated heterocycles. The number of nitrogens with zero attached hydrogens (tertiary/aromatic N) is 2. The molecule has 0 bridgehead atoms. The Bertz CT molecular complexity index is 540. The van der Waals surface area contributed by atoms with Gasteiger partial charge in [-0.2, -0.15) is 0 Å². The van der Waals surface area contributed by atoms with Crippen molar-refractivity contribution in [3.8, 4) is 0 Å². The summed E-state index contributed by atoms with van der Waals surface area (Å²) in [7, 11) is 1.27. The summed E-state index contributed by atoms with van der Waals surface area (Å²) in [6, 6.07) is 1.30. The van der Waals surface area contributed by atoms with E-state index in [1.54, 1.807) is 0 Å². The fourth-order valence-corrected chi connectivity index (χ4v) is 1.18. The van der Waals surface area contributed by atoms with Crippen LogP contribution in [0.15, 0.2) is 23.3 Å². The summed E-state index contributed by atoms with van der Waals surface area (Å²) >= 11 is 0. The Morgan fingerprint density at radius 2 is 2.43 bits per heavy atom. The van der Waals surface area contributed by atoms with E-state index in [1.807, 2.05) is 0 Å². The SMILES string of the molecule is COC(=O)c1c[nH]n2c(=O)ccnc12. The summed E-state index contributed by atoms with van der Waals surface area (Å²) in [4.78, 5) is 26.3. The van der Waals surface area contributed by atoms with Crippen LogP contribution in [0.5, 0.6) is 0 Å². The van der Waals surface area contributed by atoms with Gasteiger partial charge in [-0.25, -0.2) is 14.3 Å². The van der Waals surface area contributed by atoms with Crippen LogP contribution in [0.25, 0.3) is 5.65 Å². The predicted molar refractivity (Wildman–Crippen MR) is 47.2 cm³/mol. The van der Waals surface area contributed by atoms with E-state index in [-0.39, 0.29) is 16.8 Å². The molecule has 6 nitrogen and oxygen atoms in total. The van der Waals surface area contributed by atoms with Gasteiger partial charge in [0.2, 0.25) is 0 Å². The molecule has 0 atom stereocenters. The molecule has 0 fully saturated rings. The number of fused-ring (bicyclic) bond motifs is 1. The minimum Gasteiger partial charge on any atom is -0.465 e. The number of H-pyrrole nitrogens is 1. The standard InChI is InChI=1S/C8H7N3O3/c1-14-8(13)5-4-10-11-6(12)2-3-9-7(5)11/h2-4,10H,1H3. The summed E-state index contributed by atoms with van der Waals surface area (Å²) in [6.45, 7) is 0. The molecule has 2 rings (SSSR count). The molecule has 0 aromatic carbocycles. The molecule has 0 saturated carbocycles. The van der Waals surface area contributed by atoms with Crippen LogP contribution < -0.4 is 5.56 Å². The number of hydrogen-bond donors (Lipinski definition) is 1. The molecule has 0 amide bonds. The Balaban J connectivity index is 2.76. The molecule has 0 aliphatic rings. The van der Waals surface area contributed by atoms with Gasteiger partial charge in [0.1, 0.15) is 5.56 Å². The highest BCUT2D eigenvalue weighted by Crippen LogP contribution is 2.05. The quantitative estimate of drug-likeness (QED) is 0.637. The Labute approximate surface area is 78.1 Å². The number of aromatic nitrogens is 3. The number of carbonyl (C=O) groups is 1. The van der Waals surface area contributed by atoms with E-state index in [2.05, 4.69) is 14.8 Å². The van der Waals surface area contributed by atoms with Crippen LogP contribution >= 0.6 is 0 Å². The summed E-state index contributed by atoms with van der Waals surface area (Å²) in [6.07, 6.45) is 2.73. The molecule has 14 heavy (non-hydrogen) atoms. The van der Waals surface area contributed by atoms with Gasteiger partial charge in [-0.3, -0.25) is 9.89 Å². The van der Waals surface area contributed by atoms with Crippen molar-refractivity contribution in [2.75, 3.05) is 7.11 Å². The van der Waals surface area contributed by atoms with Crippen molar-refractivity contribution < 1.29 is 9.53 Å². The lowest BCUT2D eigenvalue weighted by molar-refractivity contribution is 0.0602.